The topological polar surface area (TPSA) is 129 Å². The molecule has 44 heavy (non-hydrogen) atoms. The van der Waals surface area contributed by atoms with E-state index >= 15 is 0 Å². The molecule has 1 amide bonds. The fourth-order valence-corrected chi connectivity index (χ4v) is 6.72. The summed E-state index contributed by atoms with van der Waals surface area (Å²) in [5.41, 5.74) is 3.17. The maximum absolute atomic E-state index is 12.8. The van der Waals surface area contributed by atoms with Gasteiger partial charge in [0.1, 0.15) is 0 Å². The van der Waals surface area contributed by atoms with Crippen molar-refractivity contribution in [2.75, 3.05) is 18.4 Å². The number of aliphatic carboxylic acids is 1. The third-order valence-electron chi connectivity index (χ3n) is 8.38. The van der Waals surface area contributed by atoms with Crippen molar-refractivity contribution in [1.29, 1.82) is 0 Å². The Bertz CT molecular complexity index is 1580. The number of nitrogens with zero attached hydrogens (tertiary/aromatic N) is 2. The van der Waals surface area contributed by atoms with E-state index in [-0.39, 0.29) is 18.4 Å². The van der Waals surface area contributed by atoms with E-state index in [0.717, 1.165) is 48.4 Å². The van der Waals surface area contributed by atoms with Crippen molar-refractivity contribution < 1.29 is 23.1 Å². The standard InChI is InChI=1S/C34H42N4O5S/c1-4-34(5-2,33(40)41)23-32(39)36-29-10-6-8-26(22-29)14-15-27-9-7-11-30(35-27)24-38-20-18-28(19-21-38)37-44(42,43)31-16-12-25(3)13-17-31/h6-17,22,28,37H,4-5,18-21,23-24H2,1-3H3,(H,36,39)(H,40,41). The Balaban J connectivity index is 1.30. The lowest BCUT2D eigenvalue weighted by atomic mass is 9.79. The summed E-state index contributed by atoms with van der Waals surface area (Å²) >= 11 is 0. The first-order valence-corrected chi connectivity index (χ1v) is 16.6. The number of pyridine rings is 1. The molecule has 0 saturated carbocycles. The normalized spacial score (nSPS) is 15.0. The Morgan fingerprint density at radius 1 is 1.00 bits per heavy atom. The van der Waals surface area contributed by atoms with Crippen molar-refractivity contribution in [3.63, 3.8) is 0 Å². The second-order valence-electron chi connectivity index (χ2n) is 11.5. The maximum Gasteiger partial charge on any atom is 0.310 e. The fraction of sp³-hybridized carbons (Fsp3) is 0.382. The van der Waals surface area contributed by atoms with Crippen LogP contribution in [0, 0.1) is 12.3 Å². The van der Waals surface area contributed by atoms with Crippen molar-refractivity contribution >= 4 is 39.7 Å². The quantitative estimate of drug-likeness (QED) is 0.223. The van der Waals surface area contributed by atoms with Crippen LogP contribution in [0.2, 0.25) is 0 Å². The number of aromatic nitrogens is 1. The van der Waals surface area contributed by atoms with E-state index in [1.807, 2.05) is 55.5 Å². The van der Waals surface area contributed by atoms with Crippen LogP contribution >= 0.6 is 0 Å². The summed E-state index contributed by atoms with van der Waals surface area (Å²) in [4.78, 5) is 31.8. The van der Waals surface area contributed by atoms with Crippen LogP contribution in [-0.4, -0.2) is 54.4 Å². The van der Waals surface area contributed by atoms with Crippen LogP contribution in [0.4, 0.5) is 5.69 Å². The van der Waals surface area contributed by atoms with E-state index in [1.54, 1.807) is 44.2 Å². The number of hydrogen-bond donors (Lipinski definition) is 3. The molecule has 0 atom stereocenters. The number of carboxylic acids is 1. The summed E-state index contributed by atoms with van der Waals surface area (Å²) in [6.45, 7) is 7.73. The average molecular weight is 619 g/mol. The largest absolute Gasteiger partial charge is 0.481 e. The zero-order valence-corrected chi connectivity index (χ0v) is 26.4. The first-order valence-electron chi connectivity index (χ1n) is 15.1. The summed E-state index contributed by atoms with van der Waals surface area (Å²) in [5, 5.41) is 12.5. The van der Waals surface area contributed by atoms with Crippen molar-refractivity contribution in [2.24, 2.45) is 5.41 Å². The summed E-state index contributed by atoms with van der Waals surface area (Å²) < 4.78 is 28.4. The molecule has 1 fully saturated rings. The molecule has 10 heteroatoms. The van der Waals surface area contributed by atoms with Crippen LogP contribution < -0.4 is 10.0 Å². The molecule has 9 nitrogen and oxygen atoms in total. The van der Waals surface area contributed by atoms with Crippen molar-refractivity contribution in [3.8, 4) is 0 Å². The van der Waals surface area contributed by atoms with Gasteiger partial charge in [-0.05, 0) is 80.6 Å². The summed E-state index contributed by atoms with van der Waals surface area (Å²) in [6.07, 6.45) is 5.99. The number of sulfonamides is 1. The second-order valence-corrected chi connectivity index (χ2v) is 13.2. The van der Waals surface area contributed by atoms with E-state index < -0.39 is 21.4 Å². The molecular weight excluding hydrogens is 576 g/mol. The van der Waals surface area contributed by atoms with Crippen LogP contribution in [-0.2, 0) is 26.2 Å². The fourth-order valence-electron chi connectivity index (χ4n) is 5.41. The molecular formula is C34H42N4O5S. The number of amides is 1. The van der Waals surface area contributed by atoms with E-state index in [9.17, 15) is 23.1 Å². The number of carbonyl (C=O) groups is 2. The molecule has 234 valence electrons. The molecule has 0 radical (unpaired) electrons. The van der Waals surface area contributed by atoms with Gasteiger partial charge in [-0.25, -0.2) is 13.1 Å². The van der Waals surface area contributed by atoms with Crippen LogP contribution in [0.1, 0.15) is 68.5 Å². The lowest BCUT2D eigenvalue weighted by Crippen LogP contribution is -2.44. The smallest absolute Gasteiger partial charge is 0.310 e. The number of likely N-dealkylation sites (tertiary alicyclic amines) is 1. The van der Waals surface area contributed by atoms with E-state index in [2.05, 4.69) is 14.9 Å². The van der Waals surface area contributed by atoms with Crippen LogP contribution in [0.3, 0.4) is 0 Å². The maximum atomic E-state index is 12.8. The number of aryl methyl sites for hydroxylation is 1. The number of piperidine rings is 1. The first kappa shape index (κ1) is 33.0. The highest BCUT2D eigenvalue weighted by molar-refractivity contribution is 7.89. The number of benzene rings is 2. The molecule has 2 heterocycles. The minimum absolute atomic E-state index is 0.0766. The van der Waals surface area contributed by atoms with Gasteiger partial charge in [0.05, 0.1) is 21.7 Å². The van der Waals surface area contributed by atoms with Gasteiger partial charge < -0.3 is 10.4 Å². The summed E-state index contributed by atoms with van der Waals surface area (Å²) in [7, 11) is -3.54. The molecule has 1 saturated heterocycles. The van der Waals surface area contributed by atoms with Crippen molar-refractivity contribution in [1.82, 2.24) is 14.6 Å². The molecule has 1 aromatic heterocycles. The van der Waals surface area contributed by atoms with Gasteiger partial charge in [0.25, 0.3) is 0 Å². The molecule has 0 unspecified atom stereocenters. The summed E-state index contributed by atoms with van der Waals surface area (Å²) in [5.74, 6) is -1.27. The highest BCUT2D eigenvalue weighted by Crippen LogP contribution is 2.31. The first-order chi connectivity index (χ1) is 21.0. The molecule has 0 aliphatic carbocycles. The van der Waals surface area contributed by atoms with E-state index in [0.29, 0.717) is 30.0 Å². The number of hydrogen-bond acceptors (Lipinski definition) is 6. The van der Waals surface area contributed by atoms with E-state index in [4.69, 9.17) is 4.98 Å². The van der Waals surface area contributed by atoms with Gasteiger partial charge in [0, 0.05) is 37.8 Å². The Kier molecular flexibility index (Phi) is 11.1. The molecule has 2 aromatic carbocycles. The zero-order chi connectivity index (χ0) is 31.7. The molecule has 4 rings (SSSR count). The van der Waals surface area contributed by atoms with E-state index in [1.165, 1.54) is 0 Å². The number of rotatable bonds is 13. The third kappa shape index (κ3) is 8.84. The molecule has 0 spiro atoms. The van der Waals surface area contributed by atoms with Gasteiger partial charge in [0.15, 0.2) is 0 Å². The number of carboxylic acid groups (broad SMARTS) is 1. The molecule has 0 bridgehead atoms. The predicted molar refractivity (Wildman–Crippen MR) is 173 cm³/mol. The zero-order valence-electron chi connectivity index (χ0n) is 25.6. The predicted octanol–water partition coefficient (Wildman–Crippen LogP) is 5.72. The molecule has 1 aliphatic heterocycles. The highest BCUT2D eigenvalue weighted by Gasteiger charge is 2.37. The van der Waals surface area contributed by atoms with Gasteiger partial charge in [0.2, 0.25) is 15.9 Å². The average Bonchev–Trinajstić information content (AvgIpc) is 3.00. The van der Waals surface area contributed by atoms with Crippen molar-refractivity contribution in [3.05, 3.63) is 89.2 Å². The van der Waals surface area contributed by atoms with Gasteiger partial charge in [-0.2, -0.15) is 0 Å². The van der Waals surface area contributed by atoms with Crippen LogP contribution in [0.15, 0.2) is 71.6 Å². The van der Waals surface area contributed by atoms with Gasteiger partial charge in [-0.15, -0.1) is 0 Å². The Morgan fingerprint density at radius 3 is 2.34 bits per heavy atom. The van der Waals surface area contributed by atoms with Gasteiger partial charge >= 0.3 is 5.97 Å². The monoisotopic (exact) mass is 618 g/mol. The van der Waals surface area contributed by atoms with Crippen LogP contribution in [0.5, 0.6) is 0 Å². The van der Waals surface area contributed by atoms with Gasteiger partial charge in [-0.1, -0.05) is 55.8 Å². The lowest BCUT2D eigenvalue weighted by molar-refractivity contribution is -0.151. The van der Waals surface area contributed by atoms with Crippen LogP contribution in [0.25, 0.3) is 12.2 Å². The second kappa shape index (κ2) is 14.7. The number of anilines is 1. The molecule has 3 aromatic rings. The Morgan fingerprint density at radius 2 is 1.68 bits per heavy atom. The minimum atomic E-state index is -3.54. The van der Waals surface area contributed by atoms with Gasteiger partial charge in [-0.3, -0.25) is 19.5 Å². The molecule has 1 aliphatic rings. The lowest BCUT2D eigenvalue weighted by Gasteiger charge is -2.32. The molecule has 3 N–H and O–H groups in total. The summed E-state index contributed by atoms with van der Waals surface area (Å²) in [6, 6.07) is 20.1. The Labute approximate surface area is 260 Å². The van der Waals surface area contributed by atoms with Crippen molar-refractivity contribution in [2.45, 2.75) is 70.4 Å². The number of nitrogens with one attached hydrogen (secondary N) is 2. The Hall–Kier alpha value is -3.86. The SMILES string of the molecule is CCC(CC)(CC(=O)Nc1cccc(C=Cc2cccc(CN3CCC(NS(=O)(=O)c4ccc(C)cc4)CC3)n2)c1)C(=O)O. The third-order valence-corrected chi connectivity index (χ3v) is 9.91. The highest BCUT2D eigenvalue weighted by atomic mass is 32.2. The minimum Gasteiger partial charge on any atom is -0.481 e. The number of carbonyl (C=O) groups excluding carboxylic acids is 1.